The topological polar surface area (TPSA) is 85.4 Å². The fourth-order valence-electron chi connectivity index (χ4n) is 13.1. The molecule has 10 heteroatoms. The van der Waals surface area contributed by atoms with Crippen LogP contribution in [-0.2, 0) is 13.1 Å². The number of unbranched alkanes of at least 4 members (excludes halogenated alkanes) is 4. The van der Waals surface area contributed by atoms with Gasteiger partial charge in [0.15, 0.2) is 31.3 Å². The molecule has 88 heavy (non-hydrogen) atoms. The van der Waals surface area contributed by atoms with Crippen molar-refractivity contribution in [2.24, 2.45) is 9.98 Å². The molecule has 2 N–H and O–H groups in total. The van der Waals surface area contributed by atoms with Gasteiger partial charge in [0.1, 0.15) is 36.8 Å². The van der Waals surface area contributed by atoms with E-state index in [1.807, 2.05) is 0 Å². The Bertz CT molecular complexity index is 3910. The lowest BCUT2D eigenvalue weighted by Gasteiger charge is -2.22. The summed E-state index contributed by atoms with van der Waals surface area (Å²) in [5, 5.41) is 0. The molecule has 0 spiro atoms. The van der Waals surface area contributed by atoms with Crippen molar-refractivity contribution in [1.29, 1.82) is 0 Å². The van der Waals surface area contributed by atoms with Gasteiger partial charge < -0.3 is 19.3 Å². The predicted molar refractivity (Wildman–Crippen MR) is 361 cm³/mol. The molecule has 0 aliphatic carbocycles. The van der Waals surface area contributed by atoms with E-state index in [0.29, 0.717) is 19.8 Å². The summed E-state index contributed by atoms with van der Waals surface area (Å²) in [5.41, 5.74) is 27.1. The molecule has 0 saturated carbocycles. The number of fused-ring (bicyclic) bond motifs is 4. The number of pyridine rings is 2. The molecule has 0 radical (unpaired) electrons. The maximum atomic E-state index is 6.65. The van der Waals surface area contributed by atoms with Crippen LogP contribution < -0.4 is 28.6 Å². The Balaban J connectivity index is 0.900. The zero-order valence-corrected chi connectivity index (χ0v) is 53.8. The number of nitrogens with one attached hydrogen (secondary N) is 2. The first kappa shape index (κ1) is 60.9. The van der Waals surface area contributed by atoms with Crippen LogP contribution in [0.1, 0.15) is 145 Å². The summed E-state index contributed by atoms with van der Waals surface area (Å²) in [6, 6.07) is 26.1. The van der Waals surface area contributed by atoms with Crippen LogP contribution >= 0.6 is 0 Å². The SMILES string of the molecule is CCCCCN1C=CC(=C2C=CN(CCOc3cccc(C4=C5N=C(C=C6[NH+]=C(C(CC)=C6C)C(c6cccc(OCC[n+]7ccc(-c8cc[n+](CCCCC)cc8)cc7)c6)=C6[NH+]=C(C=C7N=C4C(CC)=C7C)C(C)=C6CC)C(C)=C5CC)c3)C=C2)C=C1. The molecule has 9 heterocycles. The summed E-state index contributed by atoms with van der Waals surface area (Å²) in [6.45, 7) is 27.2. The Labute approximate surface area is 523 Å². The Morgan fingerprint density at radius 2 is 1.06 bits per heavy atom. The lowest BCUT2D eigenvalue weighted by atomic mass is 9.88. The molecule has 450 valence electrons. The smallest absolute Gasteiger partial charge is 0.222 e. The monoisotopic (exact) mass is 1170 g/mol. The molecule has 0 unspecified atom stereocenters. The van der Waals surface area contributed by atoms with Crippen molar-refractivity contribution in [3.63, 3.8) is 0 Å². The van der Waals surface area contributed by atoms with E-state index in [1.165, 1.54) is 105 Å². The number of nitrogens with zero attached hydrogens (tertiary/aromatic N) is 6. The van der Waals surface area contributed by atoms with Crippen molar-refractivity contribution in [3.05, 3.63) is 248 Å². The van der Waals surface area contributed by atoms with Gasteiger partial charge in [0.2, 0.25) is 22.8 Å². The highest BCUT2D eigenvalue weighted by Crippen LogP contribution is 2.43. The van der Waals surface area contributed by atoms with Crippen LogP contribution in [0.25, 0.3) is 22.3 Å². The third-order valence-electron chi connectivity index (χ3n) is 18.2. The van der Waals surface area contributed by atoms with Crippen molar-refractivity contribution in [1.82, 2.24) is 9.80 Å². The van der Waals surface area contributed by atoms with E-state index in [9.17, 15) is 0 Å². The summed E-state index contributed by atoms with van der Waals surface area (Å²) in [6.07, 6.45) is 41.5. The molecule has 8 bridgehead atoms. The molecule has 0 atom stereocenters. The number of aryl methyl sites for hydroxylation is 1. The molecule has 4 aromatic rings. The van der Waals surface area contributed by atoms with Gasteiger partial charge in [-0.1, -0.05) is 85.1 Å². The van der Waals surface area contributed by atoms with E-state index in [2.05, 4.69) is 257 Å². The van der Waals surface area contributed by atoms with E-state index in [4.69, 9.17) is 19.5 Å². The summed E-state index contributed by atoms with van der Waals surface area (Å²) < 4.78 is 17.8. The third-order valence-corrected chi connectivity index (χ3v) is 18.2. The van der Waals surface area contributed by atoms with Crippen LogP contribution in [-0.4, -0.2) is 58.9 Å². The van der Waals surface area contributed by atoms with Crippen LogP contribution in [0.3, 0.4) is 0 Å². The molecular formula is C78H90N8O2+4. The second-order valence-electron chi connectivity index (χ2n) is 23.9. The van der Waals surface area contributed by atoms with Crippen LogP contribution in [0, 0.1) is 0 Å². The van der Waals surface area contributed by atoms with Gasteiger partial charge in [-0.3, -0.25) is 0 Å². The minimum atomic E-state index is 0.517. The van der Waals surface area contributed by atoms with E-state index in [-0.39, 0.29) is 0 Å². The third kappa shape index (κ3) is 13.1. The maximum Gasteiger partial charge on any atom is 0.222 e. The van der Waals surface area contributed by atoms with E-state index in [1.54, 1.807) is 0 Å². The molecule has 0 fully saturated rings. The maximum absolute atomic E-state index is 6.65. The Morgan fingerprint density at radius 3 is 1.66 bits per heavy atom. The highest BCUT2D eigenvalue weighted by atomic mass is 16.5. The predicted octanol–water partition coefficient (Wildman–Crippen LogP) is 13.5. The number of aliphatic imine (C=N–C) groups is 2. The van der Waals surface area contributed by atoms with Crippen LogP contribution in [0.5, 0.6) is 11.5 Å². The van der Waals surface area contributed by atoms with E-state index in [0.717, 1.165) is 125 Å². The number of hydrogen-bond donors (Lipinski definition) is 2. The van der Waals surface area contributed by atoms with Crippen molar-refractivity contribution >= 4 is 34.0 Å². The molecular weight excluding hydrogens is 1080 g/mol. The van der Waals surface area contributed by atoms with Gasteiger partial charge in [-0.05, 0) is 170 Å². The summed E-state index contributed by atoms with van der Waals surface area (Å²) in [4.78, 5) is 24.0. The van der Waals surface area contributed by atoms with Crippen molar-refractivity contribution < 1.29 is 28.6 Å². The van der Waals surface area contributed by atoms with Gasteiger partial charge in [-0.25, -0.2) is 29.1 Å². The summed E-state index contributed by atoms with van der Waals surface area (Å²) in [7, 11) is 0. The van der Waals surface area contributed by atoms with Crippen molar-refractivity contribution in [2.75, 3.05) is 26.3 Å². The van der Waals surface area contributed by atoms with Gasteiger partial charge in [0, 0.05) is 102 Å². The normalized spacial score (nSPS) is 17.3. The molecule has 11 rings (SSSR count). The van der Waals surface area contributed by atoms with Gasteiger partial charge in [-0.2, -0.15) is 0 Å². The molecule has 10 nitrogen and oxygen atoms in total. The van der Waals surface area contributed by atoms with Gasteiger partial charge >= 0.3 is 0 Å². The second-order valence-corrected chi connectivity index (χ2v) is 23.9. The fourth-order valence-corrected chi connectivity index (χ4v) is 13.1. The minimum absolute atomic E-state index is 0.517. The van der Waals surface area contributed by atoms with Crippen LogP contribution in [0.4, 0.5) is 0 Å². The van der Waals surface area contributed by atoms with Crippen LogP contribution in [0.15, 0.2) is 247 Å². The number of allylic oxidation sites excluding steroid dienone is 18. The number of ether oxygens (including phenoxy) is 2. The first-order valence-electron chi connectivity index (χ1n) is 32.6. The molecule has 2 aromatic carbocycles. The van der Waals surface area contributed by atoms with Crippen molar-refractivity contribution in [3.8, 4) is 22.6 Å². The van der Waals surface area contributed by atoms with Gasteiger partial charge in [0.05, 0.1) is 29.4 Å². The highest BCUT2D eigenvalue weighted by Gasteiger charge is 2.40. The number of benzene rings is 2. The minimum Gasteiger partial charge on any atom is -0.492 e. The van der Waals surface area contributed by atoms with E-state index >= 15 is 0 Å². The van der Waals surface area contributed by atoms with Gasteiger partial charge in [0.25, 0.3) is 0 Å². The quantitative estimate of drug-likeness (QED) is 0.0572. The average Bonchev–Trinajstić information content (AvgIpc) is 1.96. The molecule has 0 saturated heterocycles. The molecule has 7 aliphatic rings. The second kappa shape index (κ2) is 27.9. The number of aromatic nitrogens is 2. The fraction of sp³-hybridized carbons (Fsp3) is 0.333. The first-order valence-corrected chi connectivity index (χ1v) is 32.6. The number of hydrogen-bond acceptors (Lipinski definition) is 6. The Kier molecular flexibility index (Phi) is 19.3. The Hall–Kier alpha value is -8.76. The lowest BCUT2D eigenvalue weighted by Crippen LogP contribution is -2.72. The zero-order valence-electron chi connectivity index (χ0n) is 53.8. The lowest BCUT2D eigenvalue weighted by molar-refractivity contribution is -0.697. The molecule has 0 amide bonds. The number of rotatable bonds is 23. The highest BCUT2D eigenvalue weighted by molar-refractivity contribution is 6.36. The van der Waals surface area contributed by atoms with E-state index < -0.39 is 0 Å². The van der Waals surface area contributed by atoms with Crippen LogP contribution in [0.2, 0.25) is 0 Å². The Morgan fingerprint density at radius 1 is 0.489 bits per heavy atom. The molecule has 2 aromatic heterocycles. The standard InChI is InChI=1S/C78H88N8O2/c1-11-17-19-35-83-37-27-57(28-38-83)59-31-41-85(42-32-59)45-47-87-63-25-21-23-61(49-63)73-75-65(13-3)53(7)69(79-75)51-71-55(9)67(15-5)77(81-71)74(78-68(16-6)56(10)72(82-78)52-70-54(8)66(14-4)76(73)80-70)62-24-22-26-64(50-62)88-48-46-86-43-33-60(34-44-86)58-29-39-84(40-30-58)36-20-18-12-2/h21-34,37-44,49-52H,11-20,35-36,45-48H2,1-10H3/q+2/p+2. The van der Waals surface area contributed by atoms with Crippen molar-refractivity contribution in [2.45, 2.75) is 147 Å². The molecule has 7 aliphatic heterocycles. The summed E-state index contributed by atoms with van der Waals surface area (Å²) >= 11 is 0. The first-order chi connectivity index (χ1) is 43.0. The zero-order chi connectivity index (χ0) is 61.3. The average molecular weight is 1170 g/mol. The summed E-state index contributed by atoms with van der Waals surface area (Å²) in [5.74, 6) is 1.65. The van der Waals surface area contributed by atoms with Gasteiger partial charge in [-0.15, -0.1) is 0 Å². The largest absolute Gasteiger partial charge is 0.492 e.